The number of anilines is 1. The number of benzene rings is 2. The van der Waals surface area contributed by atoms with Gasteiger partial charge in [0.25, 0.3) is 0 Å². The maximum Gasteiger partial charge on any atom is 0.175 e. The van der Waals surface area contributed by atoms with Gasteiger partial charge in [-0.3, -0.25) is 0 Å². The summed E-state index contributed by atoms with van der Waals surface area (Å²) >= 11 is 5.86. The van der Waals surface area contributed by atoms with Crippen LogP contribution in [0.1, 0.15) is 12.5 Å². The van der Waals surface area contributed by atoms with E-state index in [1.54, 1.807) is 24.3 Å². The van der Waals surface area contributed by atoms with E-state index < -0.39 is 9.84 Å². The fourth-order valence-corrected chi connectivity index (χ4v) is 2.86. The van der Waals surface area contributed by atoms with E-state index in [0.717, 1.165) is 17.1 Å². The van der Waals surface area contributed by atoms with Crippen molar-refractivity contribution in [2.24, 2.45) is 0 Å². The van der Waals surface area contributed by atoms with Crippen molar-refractivity contribution in [3.05, 3.63) is 59.1 Å². The Kier molecular flexibility index (Phi) is 4.91. The first-order valence-electron chi connectivity index (χ1n) is 6.66. The van der Waals surface area contributed by atoms with Gasteiger partial charge in [0.2, 0.25) is 0 Å². The van der Waals surface area contributed by atoms with Gasteiger partial charge in [0.1, 0.15) is 0 Å². The Labute approximate surface area is 130 Å². The fraction of sp³-hybridized carbons (Fsp3) is 0.250. The van der Waals surface area contributed by atoms with E-state index >= 15 is 0 Å². The second-order valence-electron chi connectivity index (χ2n) is 5.17. The number of hydrogen-bond acceptors (Lipinski definition) is 3. The summed E-state index contributed by atoms with van der Waals surface area (Å²) in [5.74, 6) is 0. The predicted octanol–water partition coefficient (Wildman–Crippen LogP) is 3.79. The van der Waals surface area contributed by atoms with E-state index in [0.29, 0.717) is 4.90 Å². The normalized spacial score (nSPS) is 12.9. The molecule has 1 unspecified atom stereocenters. The van der Waals surface area contributed by atoms with Crippen molar-refractivity contribution in [3.63, 3.8) is 0 Å². The van der Waals surface area contributed by atoms with Crippen LogP contribution in [-0.4, -0.2) is 20.7 Å². The SMILES string of the molecule is CC(Cc1ccc(Cl)cc1)Nc1ccc(S(C)(=O)=O)cc1. The molecule has 2 aromatic rings. The lowest BCUT2D eigenvalue weighted by Gasteiger charge is -2.15. The Morgan fingerprint density at radius 2 is 1.62 bits per heavy atom. The molecule has 0 aliphatic carbocycles. The highest BCUT2D eigenvalue weighted by atomic mass is 35.5. The molecule has 1 atom stereocenters. The van der Waals surface area contributed by atoms with Crippen LogP contribution < -0.4 is 5.32 Å². The van der Waals surface area contributed by atoms with Gasteiger partial charge in [-0.25, -0.2) is 8.42 Å². The molecule has 0 radical (unpaired) electrons. The molecule has 0 saturated carbocycles. The number of halogens is 1. The second kappa shape index (κ2) is 6.50. The first kappa shape index (κ1) is 15.9. The van der Waals surface area contributed by atoms with Crippen LogP contribution >= 0.6 is 11.6 Å². The molecule has 0 bridgehead atoms. The quantitative estimate of drug-likeness (QED) is 0.910. The minimum absolute atomic E-state index is 0.232. The molecular weight excluding hydrogens is 306 g/mol. The fourth-order valence-electron chi connectivity index (χ4n) is 2.11. The van der Waals surface area contributed by atoms with Crippen LogP contribution in [0.5, 0.6) is 0 Å². The maximum absolute atomic E-state index is 11.4. The first-order valence-corrected chi connectivity index (χ1v) is 8.92. The minimum Gasteiger partial charge on any atom is -0.382 e. The average Bonchev–Trinajstić information content (AvgIpc) is 2.41. The van der Waals surface area contributed by atoms with Gasteiger partial charge in [-0.05, 0) is 55.3 Å². The van der Waals surface area contributed by atoms with Crippen LogP contribution in [0, 0.1) is 0 Å². The van der Waals surface area contributed by atoms with Crippen molar-refractivity contribution >= 4 is 27.1 Å². The number of rotatable bonds is 5. The third-order valence-corrected chi connectivity index (χ3v) is 4.53. The summed E-state index contributed by atoms with van der Waals surface area (Å²) < 4.78 is 22.8. The van der Waals surface area contributed by atoms with E-state index in [-0.39, 0.29) is 6.04 Å². The van der Waals surface area contributed by atoms with Crippen LogP contribution in [-0.2, 0) is 16.3 Å². The van der Waals surface area contributed by atoms with E-state index in [1.165, 1.54) is 11.8 Å². The van der Waals surface area contributed by atoms with Crippen molar-refractivity contribution < 1.29 is 8.42 Å². The minimum atomic E-state index is -3.14. The van der Waals surface area contributed by atoms with E-state index in [9.17, 15) is 8.42 Å². The average molecular weight is 324 g/mol. The summed E-state index contributed by atoms with van der Waals surface area (Å²) in [6.07, 6.45) is 2.07. The largest absolute Gasteiger partial charge is 0.382 e. The Morgan fingerprint density at radius 3 is 2.14 bits per heavy atom. The third kappa shape index (κ3) is 4.76. The van der Waals surface area contributed by atoms with Crippen LogP contribution in [0.25, 0.3) is 0 Å². The Hall–Kier alpha value is -1.52. The van der Waals surface area contributed by atoms with Crippen LogP contribution in [0.3, 0.4) is 0 Å². The molecule has 2 rings (SSSR count). The lowest BCUT2D eigenvalue weighted by Crippen LogP contribution is -2.18. The number of nitrogens with one attached hydrogen (secondary N) is 1. The summed E-state index contributed by atoms with van der Waals surface area (Å²) in [5.41, 5.74) is 2.11. The van der Waals surface area contributed by atoms with Crippen molar-refractivity contribution in [2.45, 2.75) is 24.3 Å². The van der Waals surface area contributed by atoms with Gasteiger partial charge in [0.15, 0.2) is 9.84 Å². The molecule has 112 valence electrons. The van der Waals surface area contributed by atoms with Gasteiger partial charge in [-0.15, -0.1) is 0 Å². The zero-order chi connectivity index (χ0) is 15.5. The summed E-state index contributed by atoms with van der Waals surface area (Å²) in [5, 5.41) is 4.09. The zero-order valence-corrected chi connectivity index (χ0v) is 13.6. The first-order chi connectivity index (χ1) is 9.84. The molecule has 0 aromatic heterocycles. The topological polar surface area (TPSA) is 46.2 Å². The summed E-state index contributed by atoms with van der Waals surface area (Å²) in [4.78, 5) is 0.332. The molecule has 0 saturated heterocycles. The molecule has 21 heavy (non-hydrogen) atoms. The van der Waals surface area contributed by atoms with E-state index in [4.69, 9.17) is 11.6 Å². The summed E-state index contributed by atoms with van der Waals surface area (Å²) in [6, 6.07) is 14.8. The molecule has 0 spiro atoms. The lowest BCUT2D eigenvalue weighted by atomic mass is 10.1. The van der Waals surface area contributed by atoms with Crippen molar-refractivity contribution in [1.82, 2.24) is 0 Å². The van der Waals surface area contributed by atoms with E-state index in [1.807, 2.05) is 24.3 Å². The molecule has 0 amide bonds. The van der Waals surface area contributed by atoms with E-state index in [2.05, 4.69) is 12.2 Å². The standard InChI is InChI=1S/C16H18ClNO2S/c1-12(11-13-3-5-14(17)6-4-13)18-15-7-9-16(10-8-15)21(2,19)20/h3-10,12,18H,11H2,1-2H3. The van der Waals surface area contributed by atoms with Gasteiger partial charge in [-0.2, -0.15) is 0 Å². The van der Waals surface area contributed by atoms with Crippen LogP contribution in [0.15, 0.2) is 53.4 Å². The molecule has 5 heteroatoms. The zero-order valence-electron chi connectivity index (χ0n) is 12.0. The molecule has 0 fully saturated rings. The molecule has 0 aliphatic rings. The lowest BCUT2D eigenvalue weighted by molar-refractivity contribution is 0.602. The highest BCUT2D eigenvalue weighted by molar-refractivity contribution is 7.90. The molecule has 0 heterocycles. The highest BCUT2D eigenvalue weighted by Gasteiger charge is 2.08. The Bertz CT molecular complexity index is 694. The molecule has 2 aromatic carbocycles. The maximum atomic E-state index is 11.4. The smallest absolute Gasteiger partial charge is 0.175 e. The molecule has 1 N–H and O–H groups in total. The van der Waals surface area contributed by atoms with Crippen LogP contribution in [0.2, 0.25) is 5.02 Å². The molecule has 0 aliphatic heterocycles. The van der Waals surface area contributed by atoms with Gasteiger partial charge < -0.3 is 5.32 Å². The Morgan fingerprint density at radius 1 is 1.05 bits per heavy atom. The van der Waals surface area contributed by atoms with Crippen LogP contribution in [0.4, 0.5) is 5.69 Å². The van der Waals surface area contributed by atoms with Gasteiger partial charge in [0.05, 0.1) is 4.90 Å². The second-order valence-corrected chi connectivity index (χ2v) is 7.62. The van der Waals surface area contributed by atoms with Gasteiger partial charge in [-0.1, -0.05) is 23.7 Å². The molecular formula is C16H18ClNO2S. The Balaban J connectivity index is 1.99. The summed E-state index contributed by atoms with van der Waals surface area (Å²) in [7, 11) is -3.14. The van der Waals surface area contributed by atoms with Gasteiger partial charge >= 0.3 is 0 Å². The number of hydrogen-bond donors (Lipinski definition) is 1. The summed E-state index contributed by atoms with van der Waals surface area (Å²) in [6.45, 7) is 2.08. The third-order valence-electron chi connectivity index (χ3n) is 3.15. The van der Waals surface area contributed by atoms with Gasteiger partial charge in [0, 0.05) is 23.0 Å². The number of sulfone groups is 1. The molecule has 3 nitrogen and oxygen atoms in total. The van der Waals surface area contributed by atoms with Crippen molar-refractivity contribution in [3.8, 4) is 0 Å². The van der Waals surface area contributed by atoms with Crippen molar-refractivity contribution in [2.75, 3.05) is 11.6 Å². The van der Waals surface area contributed by atoms with Crippen molar-refractivity contribution in [1.29, 1.82) is 0 Å². The monoisotopic (exact) mass is 323 g/mol. The highest BCUT2D eigenvalue weighted by Crippen LogP contribution is 2.16. The predicted molar refractivity (Wildman–Crippen MR) is 87.8 cm³/mol.